The summed E-state index contributed by atoms with van der Waals surface area (Å²) in [7, 11) is 1.30. The van der Waals surface area contributed by atoms with Gasteiger partial charge >= 0.3 is 12.1 Å². The summed E-state index contributed by atoms with van der Waals surface area (Å²) in [5, 5.41) is 0. The van der Waals surface area contributed by atoms with E-state index in [-0.39, 0.29) is 35.5 Å². The van der Waals surface area contributed by atoms with Gasteiger partial charge in [-0.1, -0.05) is 0 Å². The van der Waals surface area contributed by atoms with Gasteiger partial charge in [0.2, 0.25) is 5.88 Å². The maximum atomic E-state index is 12.5. The molecule has 8 heteroatoms. The minimum atomic E-state index is -0.528. The second kappa shape index (κ2) is 7.25. The van der Waals surface area contributed by atoms with Crippen LogP contribution in [-0.4, -0.2) is 52.8 Å². The maximum Gasteiger partial charge on any atom is 0.410 e. The third-order valence-electron chi connectivity index (χ3n) is 4.90. The predicted octanol–water partition coefficient (Wildman–Crippen LogP) is 2.76. The van der Waals surface area contributed by atoms with E-state index in [1.807, 2.05) is 25.7 Å². The van der Waals surface area contributed by atoms with Crippen LogP contribution < -0.4 is 10.5 Å². The second-order valence-electron chi connectivity index (χ2n) is 8.09. The molecule has 2 bridgehead atoms. The van der Waals surface area contributed by atoms with Crippen LogP contribution in [0.5, 0.6) is 5.88 Å². The number of nitrogen functional groups attached to an aromatic ring is 1. The van der Waals surface area contributed by atoms with Crippen LogP contribution in [0.4, 0.5) is 10.5 Å². The summed E-state index contributed by atoms with van der Waals surface area (Å²) in [5.74, 6) is -0.195. The topological polar surface area (TPSA) is 104 Å². The van der Waals surface area contributed by atoms with Crippen LogP contribution in [0.15, 0.2) is 12.3 Å². The average Bonchev–Trinajstić information content (AvgIpc) is 2.86. The van der Waals surface area contributed by atoms with Gasteiger partial charge in [-0.15, -0.1) is 0 Å². The number of amides is 1. The first-order valence-electron chi connectivity index (χ1n) is 9.19. The fraction of sp³-hybridized carbons (Fsp3) is 0.632. The third-order valence-corrected chi connectivity index (χ3v) is 4.90. The summed E-state index contributed by atoms with van der Waals surface area (Å²) in [6.07, 6.45) is 4.34. The summed E-state index contributed by atoms with van der Waals surface area (Å²) < 4.78 is 16.3. The molecule has 1 amide bonds. The highest BCUT2D eigenvalue weighted by Gasteiger charge is 2.45. The van der Waals surface area contributed by atoms with Gasteiger partial charge in [-0.25, -0.2) is 14.6 Å². The molecule has 0 radical (unpaired) electrons. The van der Waals surface area contributed by atoms with Crippen LogP contribution in [-0.2, 0) is 9.47 Å². The fourth-order valence-corrected chi connectivity index (χ4v) is 3.80. The highest BCUT2D eigenvalue weighted by atomic mass is 16.6. The first-order chi connectivity index (χ1) is 12.7. The first kappa shape index (κ1) is 19.3. The molecule has 3 heterocycles. The Morgan fingerprint density at radius 2 is 1.85 bits per heavy atom. The number of pyridine rings is 1. The Hall–Kier alpha value is -2.51. The van der Waals surface area contributed by atoms with E-state index in [9.17, 15) is 9.59 Å². The van der Waals surface area contributed by atoms with Crippen molar-refractivity contribution < 1.29 is 23.8 Å². The normalized spacial score (nSPS) is 24.4. The van der Waals surface area contributed by atoms with Gasteiger partial charge < -0.3 is 24.8 Å². The van der Waals surface area contributed by atoms with Crippen molar-refractivity contribution in [3.05, 3.63) is 17.8 Å². The number of esters is 1. The molecular formula is C19H27N3O5. The lowest BCUT2D eigenvalue weighted by atomic mass is 10.00. The number of nitrogens with two attached hydrogens (primary N) is 1. The summed E-state index contributed by atoms with van der Waals surface area (Å²) >= 11 is 0. The van der Waals surface area contributed by atoms with E-state index in [1.54, 1.807) is 0 Å². The number of anilines is 1. The number of hydrogen-bond acceptors (Lipinski definition) is 7. The van der Waals surface area contributed by atoms with Gasteiger partial charge in [0.05, 0.1) is 24.6 Å². The maximum absolute atomic E-state index is 12.5. The molecule has 1 aromatic heterocycles. The molecule has 2 fully saturated rings. The van der Waals surface area contributed by atoms with Crippen molar-refractivity contribution in [1.82, 2.24) is 9.88 Å². The quantitative estimate of drug-likeness (QED) is 0.808. The van der Waals surface area contributed by atoms with Gasteiger partial charge in [0.1, 0.15) is 11.7 Å². The zero-order valence-corrected chi connectivity index (χ0v) is 16.2. The molecule has 0 aliphatic carbocycles. The number of piperidine rings is 1. The Morgan fingerprint density at radius 3 is 2.41 bits per heavy atom. The molecule has 0 saturated carbocycles. The number of hydrogen-bond donors (Lipinski definition) is 1. The number of carbonyl (C=O) groups excluding carboxylic acids is 2. The molecule has 8 nitrogen and oxygen atoms in total. The summed E-state index contributed by atoms with van der Waals surface area (Å²) in [5.41, 5.74) is 5.74. The van der Waals surface area contributed by atoms with Gasteiger partial charge in [0.25, 0.3) is 0 Å². The van der Waals surface area contributed by atoms with Crippen molar-refractivity contribution in [2.24, 2.45) is 0 Å². The van der Waals surface area contributed by atoms with E-state index in [0.29, 0.717) is 18.7 Å². The van der Waals surface area contributed by atoms with E-state index in [1.165, 1.54) is 19.4 Å². The number of ether oxygens (including phenoxy) is 3. The number of carbonyl (C=O) groups is 2. The number of fused-ring (bicyclic) bond motifs is 2. The SMILES string of the molecule is COC(=O)c1cc(OC2C[C@H]3CC[C@@H](C2)N3C(=O)OC(C)(C)C)ncc1N. The molecule has 3 atom stereocenters. The molecule has 1 aromatic rings. The van der Waals surface area contributed by atoms with E-state index in [0.717, 1.165) is 12.8 Å². The molecule has 0 aromatic carbocycles. The number of nitrogens with zero attached hydrogens (tertiary/aromatic N) is 2. The Labute approximate surface area is 159 Å². The fourth-order valence-electron chi connectivity index (χ4n) is 3.80. The number of rotatable bonds is 3. The van der Waals surface area contributed by atoms with Crippen molar-refractivity contribution >= 4 is 17.7 Å². The number of aromatic nitrogens is 1. The molecule has 2 N–H and O–H groups in total. The number of methoxy groups -OCH3 is 1. The lowest BCUT2D eigenvalue weighted by molar-refractivity contribution is -0.00765. The third kappa shape index (κ3) is 4.26. The molecule has 2 aliphatic heterocycles. The zero-order valence-electron chi connectivity index (χ0n) is 16.2. The van der Waals surface area contributed by atoms with Crippen LogP contribution in [0, 0.1) is 0 Å². The molecule has 27 heavy (non-hydrogen) atoms. The van der Waals surface area contributed by atoms with Crippen molar-refractivity contribution in [2.75, 3.05) is 12.8 Å². The van der Waals surface area contributed by atoms with Gasteiger partial charge in [-0.2, -0.15) is 0 Å². The van der Waals surface area contributed by atoms with E-state index < -0.39 is 11.6 Å². The largest absolute Gasteiger partial charge is 0.474 e. The first-order valence-corrected chi connectivity index (χ1v) is 9.19. The minimum absolute atomic E-state index is 0.0807. The molecule has 0 spiro atoms. The van der Waals surface area contributed by atoms with E-state index in [2.05, 4.69) is 4.98 Å². The minimum Gasteiger partial charge on any atom is -0.474 e. The van der Waals surface area contributed by atoms with Crippen molar-refractivity contribution in [3.8, 4) is 5.88 Å². The smallest absolute Gasteiger partial charge is 0.410 e. The van der Waals surface area contributed by atoms with Crippen molar-refractivity contribution in [3.63, 3.8) is 0 Å². The molecule has 148 valence electrons. The Balaban J connectivity index is 1.67. The van der Waals surface area contributed by atoms with Crippen LogP contribution in [0.3, 0.4) is 0 Å². The molecule has 1 unspecified atom stereocenters. The predicted molar refractivity (Wildman–Crippen MR) is 98.5 cm³/mol. The highest BCUT2D eigenvalue weighted by molar-refractivity contribution is 5.95. The van der Waals surface area contributed by atoms with E-state index in [4.69, 9.17) is 19.9 Å². The Kier molecular flexibility index (Phi) is 5.17. The Bertz CT molecular complexity index is 717. The zero-order chi connectivity index (χ0) is 19.8. The summed E-state index contributed by atoms with van der Waals surface area (Å²) in [6.45, 7) is 5.61. The van der Waals surface area contributed by atoms with Crippen molar-refractivity contribution in [2.45, 2.75) is 70.2 Å². The van der Waals surface area contributed by atoms with Crippen LogP contribution >= 0.6 is 0 Å². The second-order valence-corrected chi connectivity index (χ2v) is 8.09. The standard InChI is InChI=1S/C19H27N3O5/c1-19(2,3)27-18(24)22-11-5-6-12(22)8-13(7-11)26-16-9-14(17(23)25-4)15(20)10-21-16/h9-13H,5-8,20H2,1-4H3/t11-,12+,13?. The summed E-state index contributed by atoms with van der Waals surface area (Å²) in [6, 6.07) is 1.69. The monoisotopic (exact) mass is 377 g/mol. The van der Waals surface area contributed by atoms with Gasteiger partial charge in [-0.3, -0.25) is 0 Å². The lowest BCUT2D eigenvalue weighted by Crippen LogP contribution is -2.50. The average molecular weight is 377 g/mol. The van der Waals surface area contributed by atoms with Crippen LogP contribution in [0.1, 0.15) is 56.8 Å². The molecule has 2 aliphatic rings. The van der Waals surface area contributed by atoms with E-state index >= 15 is 0 Å². The molecule has 3 rings (SSSR count). The van der Waals surface area contributed by atoms with Crippen molar-refractivity contribution in [1.29, 1.82) is 0 Å². The van der Waals surface area contributed by atoms with Gasteiger partial charge in [0, 0.05) is 31.0 Å². The highest BCUT2D eigenvalue weighted by Crippen LogP contribution is 2.38. The summed E-state index contributed by atoms with van der Waals surface area (Å²) in [4.78, 5) is 30.3. The van der Waals surface area contributed by atoms with Gasteiger partial charge in [-0.05, 0) is 33.6 Å². The lowest BCUT2D eigenvalue weighted by Gasteiger charge is -2.39. The molecular weight excluding hydrogens is 350 g/mol. The molecule has 2 saturated heterocycles. The van der Waals surface area contributed by atoms with Gasteiger partial charge in [0.15, 0.2) is 0 Å². The van der Waals surface area contributed by atoms with Crippen LogP contribution in [0.2, 0.25) is 0 Å². The Morgan fingerprint density at radius 1 is 1.22 bits per heavy atom. The van der Waals surface area contributed by atoms with Crippen LogP contribution in [0.25, 0.3) is 0 Å².